The van der Waals surface area contributed by atoms with Crippen molar-refractivity contribution in [1.82, 2.24) is 20.2 Å². The van der Waals surface area contributed by atoms with Crippen LogP contribution in [0.5, 0.6) is 0 Å². The number of nitrogens with zero attached hydrogens (tertiary/aromatic N) is 2. The Morgan fingerprint density at radius 3 is 2.75 bits per heavy atom. The number of thiophene rings is 1. The van der Waals surface area contributed by atoms with Gasteiger partial charge < -0.3 is 10.6 Å². The number of carbonyl (C=O) groups is 2. The minimum atomic E-state index is -0.381. The standard InChI is InChI=1S/C20H28N4O3S/c1-11-6-5-7-15(12(11)2)23-16(25)8-21-17(26)9-24-10-22-19-18(20(24)27)13(3)14(4)28-19/h10-12,15H,5-9H2,1-4H3,(H,21,26)(H,23,25). The zero-order valence-electron chi connectivity index (χ0n) is 16.9. The summed E-state index contributed by atoms with van der Waals surface area (Å²) in [4.78, 5) is 43.1. The predicted molar refractivity (Wildman–Crippen MR) is 110 cm³/mol. The van der Waals surface area contributed by atoms with Gasteiger partial charge in [0.25, 0.3) is 5.56 Å². The summed E-state index contributed by atoms with van der Waals surface area (Å²) in [6.45, 7) is 7.97. The summed E-state index contributed by atoms with van der Waals surface area (Å²) >= 11 is 1.47. The maximum absolute atomic E-state index is 12.6. The van der Waals surface area contributed by atoms with E-state index in [9.17, 15) is 14.4 Å². The van der Waals surface area contributed by atoms with Crippen molar-refractivity contribution >= 4 is 33.4 Å². The molecule has 1 fully saturated rings. The van der Waals surface area contributed by atoms with Crippen LogP contribution in [-0.2, 0) is 16.1 Å². The van der Waals surface area contributed by atoms with Crippen LogP contribution >= 0.6 is 11.3 Å². The topological polar surface area (TPSA) is 93.1 Å². The highest BCUT2D eigenvalue weighted by molar-refractivity contribution is 7.18. The van der Waals surface area contributed by atoms with E-state index in [-0.39, 0.29) is 36.5 Å². The number of hydrogen-bond donors (Lipinski definition) is 2. The van der Waals surface area contributed by atoms with E-state index < -0.39 is 0 Å². The van der Waals surface area contributed by atoms with Crippen LogP contribution in [0.25, 0.3) is 10.2 Å². The van der Waals surface area contributed by atoms with E-state index in [1.54, 1.807) is 0 Å². The molecule has 2 heterocycles. The fraction of sp³-hybridized carbons (Fsp3) is 0.600. The van der Waals surface area contributed by atoms with Gasteiger partial charge in [-0.15, -0.1) is 11.3 Å². The molecule has 7 nitrogen and oxygen atoms in total. The highest BCUT2D eigenvalue weighted by atomic mass is 32.1. The van der Waals surface area contributed by atoms with E-state index >= 15 is 0 Å². The molecule has 0 aliphatic heterocycles. The Hall–Kier alpha value is -2.22. The Kier molecular flexibility index (Phi) is 6.17. The lowest BCUT2D eigenvalue weighted by atomic mass is 9.78. The van der Waals surface area contributed by atoms with Crippen LogP contribution < -0.4 is 16.2 Å². The van der Waals surface area contributed by atoms with Crippen LogP contribution in [0, 0.1) is 25.7 Å². The second-order valence-corrected chi connectivity index (χ2v) is 9.06. The third-order valence-corrected chi connectivity index (χ3v) is 7.08. The third-order valence-electron chi connectivity index (χ3n) is 5.97. The molecule has 28 heavy (non-hydrogen) atoms. The maximum atomic E-state index is 12.6. The van der Waals surface area contributed by atoms with E-state index in [2.05, 4.69) is 29.5 Å². The number of nitrogens with one attached hydrogen (secondary N) is 2. The molecule has 0 spiro atoms. The van der Waals surface area contributed by atoms with Crippen molar-refractivity contribution in [3.8, 4) is 0 Å². The molecule has 2 amide bonds. The van der Waals surface area contributed by atoms with Crippen molar-refractivity contribution in [2.45, 2.75) is 59.5 Å². The van der Waals surface area contributed by atoms with Crippen LogP contribution in [0.3, 0.4) is 0 Å². The molecule has 0 saturated heterocycles. The fourth-order valence-corrected chi connectivity index (χ4v) is 4.80. The molecule has 0 bridgehead atoms. The number of aryl methyl sites for hydroxylation is 2. The molecular formula is C20H28N4O3S. The van der Waals surface area contributed by atoms with Crippen LogP contribution in [0.1, 0.15) is 43.6 Å². The predicted octanol–water partition coefficient (Wildman–Crippen LogP) is 2.13. The molecule has 0 aromatic carbocycles. The summed E-state index contributed by atoms with van der Waals surface area (Å²) in [7, 11) is 0. The number of amides is 2. The van der Waals surface area contributed by atoms with Crippen molar-refractivity contribution in [2.24, 2.45) is 11.8 Å². The Balaban J connectivity index is 1.56. The van der Waals surface area contributed by atoms with E-state index in [0.29, 0.717) is 22.1 Å². The molecule has 8 heteroatoms. The van der Waals surface area contributed by atoms with Crippen LogP contribution in [0.4, 0.5) is 0 Å². The molecule has 3 unspecified atom stereocenters. The summed E-state index contributed by atoms with van der Waals surface area (Å²) in [6, 6.07) is 0.159. The lowest BCUT2D eigenvalue weighted by Gasteiger charge is -2.34. The van der Waals surface area contributed by atoms with Crippen LogP contribution in [0.2, 0.25) is 0 Å². The van der Waals surface area contributed by atoms with Gasteiger partial charge in [-0.3, -0.25) is 19.0 Å². The first kappa shape index (κ1) is 20.5. The van der Waals surface area contributed by atoms with Crippen molar-refractivity contribution in [3.05, 3.63) is 27.1 Å². The second-order valence-electron chi connectivity index (χ2n) is 7.86. The van der Waals surface area contributed by atoms with Crippen molar-refractivity contribution in [3.63, 3.8) is 0 Å². The molecule has 152 valence electrons. The SMILES string of the molecule is Cc1sc2ncn(CC(=O)NCC(=O)NC3CCCC(C)C3C)c(=O)c2c1C. The van der Waals surface area contributed by atoms with E-state index in [4.69, 9.17) is 0 Å². The molecule has 2 N–H and O–H groups in total. The Morgan fingerprint density at radius 1 is 1.25 bits per heavy atom. The minimum absolute atomic E-state index is 0.0859. The summed E-state index contributed by atoms with van der Waals surface area (Å²) < 4.78 is 1.29. The minimum Gasteiger partial charge on any atom is -0.352 e. The highest BCUT2D eigenvalue weighted by Gasteiger charge is 2.28. The third kappa shape index (κ3) is 4.27. The van der Waals surface area contributed by atoms with Crippen LogP contribution in [-0.4, -0.2) is 34.0 Å². The molecule has 2 aromatic rings. The van der Waals surface area contributed by atoms with Crippen molar-refractivity contribution in [2.75, 3.05) is 6.54 Å². The molecule has 3 atom stereocenters. The average Bonchev–Trinajstić information content (AvgIpc) is 2.94. The van der Waals surface area contributed by atoms with Gasteiger partial charge in [0.1, 0.15) is 11.4 Å². The smallest absolute Gasteiger partial charge is 0.262 e. The summed E-state index contributed by atoms with van der Waals surface area (Å²) in [5.41, 5.74) is 0.680. The van der Waals surface area contributed by atoms with Gasteiger partial charge in [0.05, 0.1) is 18.3 Å². The summed E-state index contributed by atoms with van der Waals surface area (Å²) in [5, 5.41) is 6.20. The first-order valence-electron chi connectivity index (χ1n) is 9.79. The largest absolute Gasteiger partial charge is 0.352 e. The van der Waals surface area contributed by atoms with Crippen molar-refractivity contribution in [1.29, 1.82) is 0 Å². The number of carbonyl (C=O) groups excluding carboxylic acids is 2. The van der Waals surface area contributed by atoms with E-state index in [0.717, 1.165) is 23.3 Å². The molecular weight excluding hydrogens is 376 g/mol. The normalized spacial score (nSPS) is 22.2. The summed E-state index contributed by atoms with van der Waals surface area (Å²) in [6.07, 6.45) is 4.68. The molecule has 2 aromatic heterocycles. The van der Waals surface area contributed by atoms with Gasteiger partial charge in [0.15, 0.2) is 0 Å². The first-order chi connectivity index (χ1) is 13.3. The molecule has 3 rings (SSSR count). The number of aromatic nitrogens is 2. The molecule has 1 saturated carbocycles. The Bertz CT molecular complexity index is 949. The quantitative estimate of drug-likeness (QED) is 0.798. The number of fused-ring (bicyclic) bond motifs is 1. The average molecular weight is 405 g/mol. The van der Waals surface area contributed by atoms with E-state index in [1.165, 1.54) is 28.7 Å². The maximum Gasteiger partial charge on any atom is 0.262 e. The van der Waals surface area contributed by atoms with Crippen LogP contribution in [0.15, 0.2) is 11.1 Å². The highest BCUT2D eigenvalue weighted by Crippen LogP contribution is 2.29. The lowest BCUT2D eigenvalue weighted by Crippen LogP contribution is -2.47. The molecule has 1 aliphatic carbocycles. The molecule has 0 radical (unpaired) electrons. The molecule has 1 aliphatic rings. The Morgan fingerprint density at radius 2 is 2.00 bits per heavy atom. The Labute approximate surface area is 168 Å². The van der Waals surface area contributed by atoms with Gasteiger partial charge in [-0.05, 0) is 37.7 Å². The zero-order valence-corrected chi connectivity index (χ0v) is 17.7. The van der Waals surface area contributed by atoms with Gasteiger partial charge in [-0.25, -0.2) is 4.98 Å². The number of rotatable bonds is 5. The van der Waals surface area contributed by atoms with Gasteiger partial charge in [0.2, 0.25) is 11.8 Å². The van der Waals surface area contributed by atoms with Gasteiger partial charge in [-0.1, -0.05) is 26.7 Å². The number of hydrogen-bond acceptors (Lipinski definition) is 5. The fourth-order valence-electron chi connectivity index (χ4n) is 3.82. The first-order valence-corrected chi connectivity index (χ1v) is 10.6. The van der Waals surface area contributed by atoms with Gasteiger partial charge >= 0.3 is 0 Å². The van der Waals surface area contributed by atoms with Gasteiger partial charge in [-0.2, -0.15) is 0 Å². The van der Waals surface area contributed by atoms with Gasteiger partial charge in [0, 0.05) is 10.9 Å². The second kappa shape index (κ2) is 8.43. The zero-order chi connectivity index (χ0) is 20.4. The summed E-state index contributed by atoms with van der Waals surface area (Å²) in [5.74, 6) is 0.451. The lowest BCUT2D eigenvalue weighted by molar-refractivity contribution is -0.127. The van der Waals surface area contributed by atoms with E-state index in [1.807, 2.05) is 13.8 Å². The monoisotopic (exact) mass is 404 g/mol. The van der Waals surface area contributed by atoms with Crippen molar-refractivity contribution < 1.29 is 9.59 Å².